The molecule has 1 fully saturated rings. The normalized spacial score (nSPS) is 20.5. The standard InChI is InChI=1S/C12H13F3O/c13-12(14,15)8-10(16)11(6-7-11)9-4-2-1-3-5-9/h1-5,10,16H,6-8H2. The van der Waals surface area contributed by atoms with E-state index in [4.69, 9.17) is 0 Å². The molecule has 1 aliphatic carbocycles. The van der Waals surface area contributed by atoms with Gasteiger partial charge in [0.15, 0.2) is 0 Å². The minimum absolute atomic E-state index is 0.633. The lowest BCUT2D eigenvalue weighted by atomic mass is 9.88. The molecule has 0 saturated heterocycles. The molecule has 1 nitrogen and oxygen atoms in total. The van der Waals surface area contributed by atoms with Gasteiger partial charge in [0.05, 0.1) is 12.5 Å². The Morgan fingerprint density at radius 2 is 1.75 bits per heavy atom. The third kappa shape index (κ3) is 2.21. The molecule has 1 atom stereocenters. The van der Waals surface area contributed by atoms with Crippen LogP contribution in [0.1, 0.15) is 24.8 Å². The molecule has 0 aromatic heterocycles. The SMILES string of the molecule is OC(CC(F)(F)F)C1(c2ccccc2)CC1. The van der Waals surface area contributed by atoms with Crippen LogP contribution < -0.4 is 0 Å². The maximum Gasteiger partial charge on any atom is 0.391 e. The van der Waals surface area contributed by atoms with Gasteiger partial charge in [0.25, 0.3) is 0 Å². The molecular formula is C12H13F3O. The fourth-order valence-electron chi connectivity index (χ4n) is 2.13. The van der Waals surface area contributed by atoms with Crippen LogP contribution in [0.3, 0.4) is 0 Å². The van der Waals surface area contributed by atoms with Gasteiger partial charge in [-0.05, 0) is 18.4 Å². The van der Waals surface area contributed by atoms with E-state index in [-0.39, 0.29) is 0 Å². The third-order valence-electron chi connectivity index (χ3n) is 3.20. The number of halogens is 3. The predicted octanol–water partition coefficient (Wildman–Crippen LogP) is 3.03. The smallest absolute Gasteiger partial charge is 0.391 e. The topological polar surface area (TPSA) is 20.2 Å². The molecule has 0 aliphatic heterocycles. The van der Waals surface area contributed by atoms with Gasteiger partial charge in [0, 0.05) is 5.41 Å². The second kappa shape index (κ2) is 3.77. The summed E-state index contributed by atoms with van der Waals surface area (Å²) in [5, 5.41) is 9.71. The Kier molecular flexibility index (Phi) is 2.70. The van der Waals surface area contributed by atoms with Gasteiger partial charge in [0.1, 0.15) is 0 Å². The summed E-state index contributed by atoms with van der Waals surface area (Å²) in [7, 11) is 0. The lowest BCUT2D eigenvalue weighted by Gasteiger charge is -2.23. The second-order valence-electron chi connectivity index (χ2n) is 4.36. The Balaban J connectivity index is 2.15. The number of rotatable bonds is 3. The number of benzene rings is 1. The molecule has 0 spiro atoms. The first kappa shape index (κ1) is 11.5. The molecular weight excluding hydrogens is 217 g/mol. The van der Waals surface area contributed by atoms with E-state index in [0.717, 1.165) is 5.56 Å². The van der Waals surface area contributed by atoms with E-state index in [1.807, 2.05) is 6.07 Å². The molecule has 1 aromatic rings. The highest BCUT2D eigenvalue weighted by molar-refractivity contribution is 5.33. The third-order valence-corrected chi connectivity index (χ3v) is 3.20. The molecule has 88 valence electrons. The van der Waals surface area contributed by atoms with Crippen LogP contribution in [-0.4, -0.2) is 17.4 Å². The first-order chi connectivity index (χ1) is 7.44. The molecule has 0 radical (unpaired) electrons. The van der Waals surface area contributed by atoms with E-state index in [0.29, 0.717) is 12.8 Å². The van der Waals surface area contributed by atoms with Gasteiger partial charge >= 0.3 is 6.18 Å². The average molecular weight is 230 g/mol. The van der Waals surface area contributed by atoms with Crippen LogP contribution in [0.4, 0.5) is 13.2 Å². The molecule has 1 saturated carbocycles. The Morgan fingerprint density at radius 3 is 2.19 bits per heavy atom. The number of aliphatic hydroxyl groups excluding tert-OH is 1. The molecule has 1 aromatic carbocycles. The van der Waals surface area contributed by atoms with E-state index in [9.17, 15) is 18.3 Å². The summed E-state index contributed by atoms with van der Waals surface area (Å²) < 4.78 is 36.7. The zero-order valence-electron chi connectivity index (χ0n) is 8.67. The highest BCUT2D eigenvalue weighted by Gasteiger charge is 2.53. The van der Waals surface area contributed by atoms with Crippen molar-refractivity contribution in [2.45, 2.75) is 37.0 Å². The second-order valence-corrected chi connectivity index (χ2v) is 4.36. The largest absolute Gasteiger partial charge is 0.392 e. The van der Waals surface area contributed by atoms with Crippen LogP contribution in [-0.2, 0) is 5.41 Å². The maximum atomic E-state index is 12.2. The number of aliphatic hydroxyl groups is 1. The van der Waals surface area contributed by atoms with Crippen LogP contribution >= 0.6 is 0 Å². The Morgan fingerprint density at radius 1 is 1.19 bits per heavy atom. The van der Waals surface area contributed by atoms with E-state index in [1.165, 1.54) is 0 Å². The van der Waals surface area contributed by atoms with Crippen molar-refractivity contribution in [3.05, 3.63) is 35.9 Å². The van der Waals surface area contributed by atoms with Gasteiger partial charge in [-0.2, -0.15) is 13.2 Å². The quantitative estimate of drug-likeness (QED) is 0.846. The van der Waals surface area contributed by atoms with Crippen molar-refractivity contribution in [3.63, 3.8) is 0 Å². The van der Waals surface area contributed by atoms with Gasteiger partial charge in [-0.3, -0.25) is 0 Å². The molecule has 0 heterocycles. The van der Waals surface area contributed by atoms with E-state index in [2.05, 4.69) is 0 Å². The summed E-state index contributed by atoms with van der Waals surface area (Å²) >= 11 is 0. The lowest BCUT2D eigenvalue weighted by Crippen LogP contribution is -2.31. The van der Waals surface area contributed by atoms with Crippen LogP contribution in [0.15, 0.2) is 30.3 Å². The van der Waals surface area contributed by atoms with E-state index in [1.54, 1.807) is 24.3 Å². The summed E-state index contributed by atoms with van der Waals surface area (Å²) in [6.45, 7) is 0. The zero-order valence-corrected chi connectivity index (χ0v) is 8.67. The Labute approximate surface area is 91.9 Å². The van der Waals surface area contributed by atoms with E-state index >= 15 is 0 Å². The van der Waals surface area contributed by atoms with Crippen molar-refractivity contribution >= 4 is 0 Å². The van der Waals surface area contributed by atoms with Crippen LogP contribution in [0.2, 0.25) is 0 Å². The van der Waals surface area contributed by atoms with Crippen molar-refractivity contribution in [3.8, 4) is 0 Å². The molecule has 1 unspecified atom stereocenters. The molecule has 1 aliphatic rings. The monoisotopic (exact) mass is 230 g/mol. The number of alkyl halides is 3. The van der Waals surface area contributed by atoms with Gasteiger partial charge in [-0.15, -0.1) is 0 Å². The minimum atomic E-state index is -4.30. The molecule has 2 rings (SSSR count). The summed E-state index contributed by atoms with van der Waals surface area (Å²) in [4.78, 5) is 0. The van der Waals surface area contributed by atoms with Crippen molar-refractivity contribution in [2.24, 2.45) is 0 Å². The van der Waals surface area contributed by atoms with Gasteiger partial charge in [-0.25, -0.2) is 0 Å². The molecule has 0 bridgehead atoms. The number of hydrogen-bond donors (Lipinski definition) is 1. The Bertz CT molecular complexity index is 354. The van der Waals surface area contributed by atoms with Gasteiger partial charge < -0.3 is 5.11 Å². The predicted molar refractivity (Wildman–Crippen MR) is 54.0 cm³/mol. The zero-order chi connectivity index (χ0) is 11.8. The fraction of sp³-hybridized carbons (Fsp3) is 0.500. The van der Waals surface area contributed by atoms with Crippen molar-refractivity contribution in [1.29, 1.82) is 0 Å². The molecule has 0 amide bonds. The Hall–Kier alpha value is -1.03. The summed E-state index contributed by atoms with van der Waals surface area (Å²) in [6.07, 6.45) is -5.48. The van der Waals surface area contributed by atoms with Crippen LogP contribution in [0, 0.1) is 0 Å². The van der Waals surface area contributed by atoms with Crippen molar-refractivity contribution in [1.82, 2.24) is 0 Å². The van der Waals surface area contributed by atoms with Gasteiger partial charge in [0.2, 0.25) is 0 Å². The van der Waals surface area contributed by atoms with Crippen molar-refractivity contribution in [2.75, 3.05) is 0 Å². The highest BCUT2D eigenvalue weighted by Crippen LogP contribution is 2.52. The first-order valence-corrected chi connectivity index (χ1v) is 5.24. The molecule has 4 heteroatoms. The molecule has 1 N–H and O–H groups in total. The number of hydrogen-bond acceptors (Lipinski definition) is 1. The lowest BCUT2D eigenvalue weighted by molar-refractivity contribution is -0.157. The average Bonchev–Trinajstić information content (AvgIpc) is 2.97. The van der Waals surface area contributed by atoms with Crippen LogP contribution in [0.25, 0.3) is 0 Å². The maximum absolute atomic E-state index is 12.2. The highest BCUT2D eigenvalue weighted by atomic mass is 19.4. The van der Waals surface area contributed by atoms with Crippen LogP contribution in [0.5, 0.6) is 0 Å². The van der Waals surface area contributed by atoms with Crippen molar-refractivity contribution < 1.29 is 18.3 Å². The van der Waals surface area contributed by atoms with E-state index < -0.39 is 24.1 Å². The fourth-order valence-corrected chi connectivity index (χ4v) is 2.13. The summed E-state index contributed by atoms with van der Waals surface area (Å²) in [5.41, 5.74) is 0.156. The van der Waals surface area contributed by atoms with Gasteiger partial charge in [-0.1, -0.05) is 30.3 Å². The summed E-state index contributed by atoms with van der Waals surface area (Å²) in [5.74, 6) is 0. The first-order valence-electron chi connectivity index (χ1n) is 5.24. The molecule has 16 heavy (non-hydrogen) atoms. The summed E-state index contributed by atoms with van der Waals surface area (Å²) in [6, 6.07) is 8.96. The minimum Gasteiger partial charge on any atom is -0.392 e.